The van der Waals surface area contributed by atoms with Crippen LogP contribution in [0, 0.1) is 0 Å². The molecule has 0 saturated carbocycles. The summed E-state index contributed by atoms with van der Waals surface area (Å²) >= 11 is 0. The Morgan fingerprint density at radius 3 is 2.40 bits per heavy atom. The molecule has 81 valence electrons. The van der Waals surface area contributed by atoms with Crippen molar-refractivity contribution in [1.29, 1.82) is 0 Å². The third-order valence-corrected chi connectivity index (χ3v) is 2.15. The normalized spacial score (nSPS) is 10.8. The van der Waals surface area contributed by atoms with Gasteiger partial charge in [0.15, 0.2) is 0 Å². The SMILES string of the molecule is CCC/[C]=N/OCc1ccc(CC)cc1. The van der Waals surface area contributed by atoms with Gasteiger partial charge in [-0.1, -0.05) is 49.7 Å². The minimum absolute atomic E-state index is 0.528. The van der Waals surface area contributed by atoms with Gasteiger partial charge in [-0.05, 0) is 24.0 Å². The van der Waals surface area contributed by atoms with Crippen LogP contribution in [0.1, 0.15) is 37.8 Å². The minimum atomic E-state index is 0.528. The summed E-state index contributed by atoms with van der Waals surface area (Å²) in [5, 5.41) is 3.75. The topological polar surface area (TPSA) is 21.6 Å². The predicted molar refractivity (Wildman–Crippen MR) is 63.0 cm³/mol. The monoisotopic (exact) mass is 204 g/mol. The first kappa shape index (κ1) is 11.8. The average molecular weight is 204 g/mol. The molecule has 1 aromatic rings. The molecule has 0 saturated heterocycles. The number of hydrogen-bond donors (Lipinski definition) is 0. The molecule has 15 heavy (non-hydrogen) atoms. The van der Waals surface area contributed by atoms with Crippen LogP contribution in [-0.4, -0.2) is 6.21 Å². The first-order valence-electron chi connectivity index (χ1n) is 5.49. The van der Waals surface area contributed by atoms with E-state index in [0.717, 1.165) is 24.8 Å². The summed E-state index contributed by atoms with van der Waals surface area (Å²) in [7, 11) is 0. The molecule has 0 fully saturated rings. The number of hydrogen-bond acceptors (Lipinski definition) is 2. The van der Waals surface area contributed by atoms with E-state index in [0.29, 0.717) is 6.61 Å². The molecule has 0 aromatic heterocycles. The Morgan fingerprint density at radius 1 is 1.13 bits per heavy atom. The molecule has 0 atom stereocenters. The predicted octanol–water partition coefficient (Wildman–Crippen LogP) is 3.43. The summed E-state index contributed by atoms with van der Waals surface area (Å²) in [6, 6.07) is 8.40. The van der Waals surface area contributed by atoms with Crippen molar-refractivity contribution < 1.29 is 4.84 Å². The van der Waals surface area contributed by atoms with Crippen LogP contribution >= 0.6 is 0 Å². The van der Waals surface area contributed by atoms with Crippen LogP contribution in [0.15, 0.2) is 29.4 Å². The van der Waals surface area contributed by atoms with Crippen molar-refractivity contribution in [1.82, 2.24) is 0 Å². The van der Waals surface area contributed by atoms with Crippen LogP contribution < -0.4 is 0 Å². The lowest BCUT2D eigenvalue weighted by molar-refractivity contribution is 0.131. The Morgan fingerprint density at radius 2 is 1.80 bits per heavy atom. The fourth-order valence-electron chi connectivity index (χ4n) is 1.18. The molecular weight excluding hydrogens is 186 g/mol. The van der Waals surface area contributed by atoms with E-state index < -0.39 is 0 Å². The maximum absolute atomic E-state index is 5.11. The molecule has 0 unspecified atom stereocenters. The van der Waals surface area contributed by atoms with Crippen molar-refractivity contribution in [3.63, 3.8) is 0 Å². The van der Waals surface area contributed by atoms with E-state index in [2.05, 4.69) is 49.5 Å². The molecule has 0 amide bonds. The van der Waals surface area contributed by atoms with E-state index in [1.807, 2.05) is 0 Å². The van der Waals surface area contributed by atoms with E-state index in [1.54, 1.807) is 0 Å². The Hall–Kier alpha value is -1.31. The summed E-state index contributed by atoms with van der Waals surface area (Å²) in [6.07, 6.45) is 5.81. The van der Waals surface area contributed by atoms with E-state index in [-0.39, 0.29) is 0 Å². The summed E-state index contributed by atoms with van der Waals surface area (Å²) in [6.45, 7) is 4.77. The van der Waals surface area contributed by atoms with Gasteiger partial charge < -0.3 is 4.84 Å². The van der Waals surface area contributed by atoms with Gasteiger partial charge in [0.05, 0.1) is 0 Å². The molecule has 1 rings (SSSR count). The van der Waals surface area contributed by atoms with Crippen LogP contribution in [0.5, 0.6) is 0 Å². The Labute approximate surface area is 91.9 Å². The van der Waals surface area contributed by atoms with Crippen molar-refractivity contribution in [3.8, 4) is 0 Å². The molecule has 2 heteroatoms. The number of nitrogens with zero attached hydrogens (tertiary/aromatic N) is 1. The molecule has 0 aliphatic heterocycles. The van der Waals surface area contributed by atoms with Gasteiger partial charge in [-0.3, -0.25) is 0 Å². The first-order chi connectivity index (χ1) is 7.36. The van der Waals surface area contributed by atoms with Crippen molar-refractivity contribution in [2.45, 2.75) is 39.7 Å². The lowest BCUT2D eigenvalue weighted by Crippen LogP contribution is -1.88. The Kier molecular flexibility index (Phi) is 5.52. The van der Waals surface area contributed by atoms with Crippen molar-refractivity contribution >= 4 is 6.21 Å². The van der Waals surface area contributed by atoms with Gasteiger partial charge >= 0.3 is 0 Å². The quantitative estimate of drug-likeness (QED) is 0.514. The van der Waals surface area contributed by atoms with Crippen LogP contribution in [-0.2, 0) is 17.9 Å². The molecule has 0 heterocycles. The van der Waals surface area contributed by atoms with Gasteiger partial charge in [-0.15, -0.1) is 0 Å². The van der Waals surface area contributed by atoms with Gasteiger partial charge in [0, 0.05) is 0 Å². The molecule has 0 N–H and O–H groups in total. The molecule has 1 aromatic carbocycles. The van der Waals surface area contributed by atoms with E-state index >= 15 is 0 Å². The lowest BCUT2D eigenvalue weighted by atomic mass is 10.1. The highest BCUT2D eigenvalue weighted by Gasteiger charge is 1.92. The van der Waals surface area contributed by atoms with Crippen molar-refractivity contribution in [2.24, 2.45) is 5.16 Å². The van der Waals surface area contributed by atoms with Gasteiger partial charge in [0.25, 0.3) is 0 Å². The fraction of sp³-hybridized carbons (Fsp3) is 0.462. The van der Waals surface area contributed by atoms with Gasteiger partial charge in [0.2, 0.25) is 0 Å². The second-order valence-electron chi connectivity index (χ2n) is 3.44. The molecule has 0 aliphatic carbocycles. The number of aryl methyl sites for hydroxylation is 1. The van der Waals surface area contributed by atoms with Crippen LogP contribution in [0.3, 0.4) is 0 Å². The number of benzene rings is 1. The van der Waals surface area contributed by atoms with E-state index in [4.69, 9.17) is 4.84 Å². The third kappa shape index (κ3) is 4.63. The summed E-state index contributed by atoms with van der Waals surface area (Å²) in [5.74, 6) is 0. The van der Waals surface area contributed by atoms with Crippen molar-refractivity contribution in [3.05, 3.63) is 35.4 Å². The summed E-state index contributed by atoms with van der Waals surface area (Å²) < 4.78 is 0. The fourth-order valence-corrected chi connectivity index (χ4v) is 1.18. The zero-order valence-electron chi connectivity index (χ0n) is 9.49. The summed E-state index contributed by atoms with van der Waals surface area (Å²) in [5.41, 5.74) is 2.49. The zero-order chi connectivity index (χ0) is 10.9. The highest BCUT2D eigenvalue weighted by molar-refractivity contribution is 5.55. The molecule has 2 nitrogen and oxygen atoms in total. The second-order valence-corrected chi connectivity index (χ2v) is 3.44. The largest absolute Gasteiger partial charge is 0.391 e. The smallest absolute Gasteiger partial charge is 0.142 e. The van der Waals surface area contributed by atoms with Gasteiger partial charge in [-0.2, -0.15) is 0 Å². The Balaban J connectivity index is 2.31. The molecule has 0 aliphatic rings. The maximum atomic E-state index is 5.11. The molecule has 1 radical (unpaired) electrons. The molecule has 0 bridgehead atoms. The van der Waals surface area contributed by atoms with Crippen LogP contribution in [0.25, 0.3) is 0 Å². The third-order valence-electron chi connectivity index (χ3n) is 2.15. The maximum Gasteiger partial charge on any atom is 0.142 e. The highest BCUT2D eigenvalue weighted by Crippen LogP contribution is 2.06. The zero-order valence-corrected chi connectivity index (χ0v) is 9.49. The summed E-state index contributed by atoms with van der Waals surface area (Å²) in [4.78, 5) is 5.11. The molecular formula is C13H18NO. The number of rotatable bonds is 6. The van der Waals surface area contributed by atoms with Crippen molar-refractivity contribution in [2.75, 3.05) is 0 Å². The molecule has 0 spiro atoms. The van der Waals surface area contributed by atoms with E-state index in [9.17, 15) is 0 Å². The second kappa shape index (κ2) is 7.04. The average Bonchev–Trinajstić information content (AvgIpc) is 2.30. The van der Waals surface area contributed by atoms with Crippen LogP contribution in [0.2, 0.25) is 0 Å². The standard InChI is InChI=1S/C13H18NO/c1-3-5-10-14-15-11-13-8-6-12(4-2)7-9-13/h6-9H,3-5,11H2,1-2H3. The lowest BCUT2D eigenvalue weighted by Gasteiger charge is -2.00. The minimum Gasteiger partial charge on any atom is -0.391 e. The van der Waals surface area contributed by atoms with Crippen LogP contribution in [0.4, 0.5) is 0 Å². The Bertz CT molecular complexity index is 290. The number of unbranched alkanes of at least 4 members (excludes halogenated alkanes) is 1. The van der Waals surface area contributed by atoms with E-state index in [1.165, 1.54) is 5.56 Å². The first-order valence-corrected chi connectivity index (χ1v) is 5.49. The van der Waals surface area contributed by atoms with Gasteiger partial charge in [-0.25, -0.2) is 0 Å². The highest BCUT2D eigenvalue weighted by atomic mass is 16.6. The van der Waals surface area contributed by atoms with Gasteiger partial charge in [0.1, 0.15) is 12.8 Å².